The number of anilines is 1. The average molecular weight is 475 g/mol. The van der Waals surface area contributed by atoms with Gasteiger partial charge in [-0.3, -0.25) is 9.36 Å². The largest absolute Gasteiger partial charge is 0.497 e. The average Bonchev–Trinajstić information content (AvgIpc) is 3.27. The minimum Gasteiger partial charge on any atom is -0.497 e. The van der Waals surface area contributed by atoms with Crippen molar-refractivity contribution < 1.29 is 14.3 Å². The smallest absolute Gasteiger partial charge is 0.234 e. The molecule has 3 aromatic carbocycles. The molecule has 1 heterocycles. The first kappa shape index (κ1) is 23.4. The Balaban J connectivity index is 1.48. The van der Waals surface area contributed by atoms with Gasteiger partial charge in [0.1, 0.15) is 18.1 Å². The lowest BCUT2D eigenvalue weighted by atomic mass is 10.1. The Morgan fingerprint density at radius 3 is 2.41 bits per heavy atom. The number of nitrogens with one attached hydrogen (secondary N) is 1. The van der Waals surface area contributed by atoms with Crippen LogP contribution in [0.5, 0.6) is 11.5 Å². The van der Waals surface area contributed by atoms with E-state index >= 15 is 0 Å². The van der Waals surface area contributed by atoms with Crippen molar-refractivity contribution in [3.8, 4) is 17.2 Å². The van der Waals surface area contributed by atoms with Gasteiger partial charge in [0.25, 0.3) is 0 Å². The summed E-state index contributed by atoms with van der Waals surface area (Å²) in [7, 11) is 1.62. The van der Waals surface area contributed by atoms with Gasteiger partial charge in [0.05, 0.1) is 12.9 Å². The maximum absolute atomic E-state index is 12.6. The molecule has 0 radical (unpaired) electrons. The lowest BCUT2D eigenvalue weighted by molar-refractivity contribution is -0.113. The Bertz CT molecular complexity index is 1260. The molecule has 0 aliphatic carbocycles. The van der Waals surface area contributed by atoms with Crippen LogP contribution in [0.15, 0.2) is 78.0 Å². The van der Waals surface area contributed by atoms with E-state index in [4.69, 9.17) is 9.47 Å². The van der Waals surface area contributed by atoms with Gasteiger partial charge >= 0.3 is 0 Å². The molecule has 0 atom stereocenters. The number of rotatable bonds is 9. The fourth-order valence-corrected chi connectivity index (χ4v) is 4.18. The number of nitrogens with zero attached hydrogens (tertiary/aromatic N) is 3. The maximum atomic E-state index is 12.6. The Kier molecular flexibility index (Phi) is 7.49. The molecule has 0 saturated carbocycles. The molecule has 4 rings (SSSR count). The Labute approximate surface area is 203 Å². The molecule has 34 heavy (non-hydrogen) atoms. The van der Waals surface area contributed by atoms with Crippen molar-refractivity contribution in [1.82, 2.24) is 14.8 Å². The zero-order valence-electron chi connectivity index (χ0n) is 19.3. The SMILES string of the molecule is COc1ccc(OCc2nnc(SCC(=O)Nc3ccc(C)cc3C)n2-c2ccccc2)cc1. The minimum absolute atomic E-state index is 0.101. The van der Waals surface area contributed by atoms with Gasteiger partial charge in [0, 0.05) is 11.4 Å². The molecular formula is C26H26N4O3S. The highest BCUT2D eigenvalue weighted by Gasteiger charge is 2.17. The molecule has 1 aromatic heterocycles. The third kappa shape index (κ3) is 5.77. The fourth-order valence-electron chi connectivity index (χ4n) is 3.41. The highest BCUT2D eigenvalue weighted by Crippen LogP contribution is 2.24. The third-order valence-corrected chi connectivity index (χ3v) is 6.06. The second-order valence-electron chi connectivity index (χ2n) is 7.69. The Morgan fingerprint density at radius 2 is 1.71 bits per heavy atom. The molecule has 0 fully saturated rings. The van der Waals surface area contributed by atoms with Gasteiger partial charge in [0.15, 0.2) is 11.0 Å². The van der Waals surface area contributed by atoms with E-state index < -0.39 is 0 Å². The van der Waals surface area contributed by atoms with Gasteiger partial charge in [-0.05, 0) is 61.9 Å². The molecule has 0 spiro atoms. The van der Waals surface area contributed by atoms with Crippen LogP contribution in [0.25, 0.3) is 5.69 Å². The first-order chi connectivity index (χ1) is 16.5. The van der Waals surface area contributed by atoms with Crippen LogP contribution < -0.4 is 14.8 Å². The van der Waals surface area contributed by atoms with E-state index in [1.54, 1.807) is 7.11 Å². The van der Waals surface area contributed by atoms with E-state index in [0.717, 1.165) is 28.3 Å². The molecule has 4 aromatic rings. The van der Waals surface area contributed by atoms with Crippen molar-refractivity contribution in [1.29, 1.82) is 0 Å². The van der Waals surface area contributed by atoms with Crippen molar-refractivity contribution in [3.63, 3.8) is 0 Å². The second kappa shape index (κ2) is 10.9. The molecule has 0 aliphatic rings. The van der Waals surface area contributed by atoms with Gasteiger partial charge in [-0.2, -0.15) is 0 Å². The van der Waals surface area contributed by atoms with E-state index in [1.807, 2.05) is 91.2 Å². The Morgan fingerprint density at radius 1 is 0.971 bits per heavy atom. The number of aromatic nitrogens is 3. The van der Waals surface area contributed by atoms with Gasteiger partial charge in [0.2, 0.25) is 5.91 Å². The molecule has 0 aliphatic heterocycles. The van der Waals surface area contributed by atoms with Crippen LogP contribution in [0.1, 0.15) is 17.0 Å². The quantitative estimate of drug-likeness (QED) is 0.336. The molecule has 1 N–H and O–H groups in total. The monoisotopic (exact) mass is 474 g/mol. The fraction of sp³-hybridized carbons (Fsp3) is 0.192. The number of amides is 1. The number of carbonyl (C=O) groups excluding carboxylic acids is 1. The molecular weight excluding hydrogens is 448 g/mol. The predicted molar refractivity (Wildman–Crippen MR) is 134 cm³/mol. The van der Waals surface area contributed by atoms with Crippen LogP contribution in [0.2, 0.25) is 0 Å². The maximum Gasteiger partial charge on any atom is 0.234 e. The van der Waals surface area contributed by atoms with Crippen molar-refractivity contribution >= 4 is 23.4 Å². The second-order valence-corrected chi connectivity index (χ2v) is 8.63. The summed E-state index contributed by atoms with van der Waals surface area (Å²) in [6.07, 6.45) is 0. The summed E-state index contributed by atoms with van der Waals surface area (Å²) in [5.74, 6) is 2.20. The normalized spacial score (nSPS) is 10.7. The van der Waals surface area contributed by atoms with Crippen LogP contribution in [0.3, 0.4) is 0 Å². The zero-order valence-corrected chi connectivity index (χ0v) is 20.1. The molecule has 8 heteroatoms. The third-order valence-electron chi connectivity index (χ3n) is 5.13. The van der Waals surface area contributed by atoms with Crippen molar-refractivity contribution in [2.24, 2.45) is 0 Å². The molecule has 0 bridgehead atoms. The number of ether oxygens (including phenoxy) is 2. The highest BCUT2D eigenvalue weighted by atomic mass is 32.2. The first-order valence-electron chi connectivity index (χ1n) is 10.8. The zero-order chi connectivity index (χ0) is 23.9. The van der Waals surface area contributed by atoms with E-state index in [2.05, 4.69) is 15.5 Å². The number of benzene rings is 3. The van der Waals surface area contributed by atoms with Crippen LogP contribution in [0, 0.1) is 13.8 Å². The Hall–Kier alpha value is -3.78. The molecule has 174 valence electrons. The van der Waals surface area contributed by atoms with Crippen molar-refractivity contribution in [2.45, 2.75) is 25.6 Å². The van der Waals surface area contributed by atoms with E-state index in [1.165, 1.54) is 11.8 Å². The van der Waals surface area contributed by atoms with E-state index in [-0.39, 0.29) is 18.3 Å². The van der Waals surface area contributed by atoms with E-state index in [9.17, 15) is 4.79 Å². The summed E-state index contributed by atoms with van der Waals surface area (Å²) in [6, 6.07) is 23.1. The van der Waals surface area contributed by atoms with Crippen LogP contribution in [-0.4, -0.2) is 33.5 Å². The first-order valence-corrected chi connectivity index (χ1v) is 11.8. The summed E-state index contributed by atoms with van der Waals surface area (Å²) in [5.41, 5.74) is 3.90. The summed E-state index contributed by atoms with van der Waals surface area (Å²) >= 11 is 1.33. The van der Waals surface area contributed by atoms with Gasteiger partial charge in [-0.25, -0.2) is 0 Å². The van der Waals surface area contributed by atoms with Gasteiger partial charge in [-0.1, -0.05) is 47.7 Å². The lowest BCUT2D eigenvalue weighted by Crippen LogP contribution is -2.15. The molecule has 0 saturated heterocycles. The van der Waals surface area contributed by atoms with Gasteiger partial charge in [-0.15, -0.1) is 10.2 Å². The van der Waals surface area contributed by atoms with E-state index in [0.29, 0.717) is 16.7 Å². The summed E-state index contributed by atoms with van der Waals surface area (Å²) in [5, 5.41) is 12.3. The molecule has 7 nitrogen and oxygen atoms in total. The number of hydrogen-bond donors (Lipinski definition) is 1. The summed E-state index contributed by atoms with van der Waals surface area (Å²) in [6.45, 7) is 4.24. The van der Waals surface area contributed by atoms with Crippen molar-refractivity contribution in [3.05, 3.63) is 89.7 Å². The number of methoxy groups -OCH3 is 1. The number of carbonyl (C=O) groups is 1. The van der Waals surface area contributed by atoms with Crippen LogP contribution >= 0.6 is 11.8 Å². The number of para-hydroxylation sites is 1. The molecule has 0 unspecified atom stereocenters. The lowest BCUT2D eigenvalue weighted by Gasteiger charge is -2.12. The number of aryl methyl sites for hydroxylation is 2. The summed E-state index contributed by atoms with van der Waals surface area (Å²) in [4.78, 5) is 12.6. The highest BCUT2D eigenvalue weighted by molar-refractivity contribution is 7.99. The minimum atomic E-state index is -0.101. The summed E-state index contributed by atoms with van der Waals surface area (Å²) < 4.78 is 13.0. The molecule has 1 amide bonds. The van der Waals surface area contributed by atoms with Crippen LogP contribution in [0.4, 0.5) is 5.69 Å². The van der Waals surface area contributed by atoms with Crippen LogP contribution in [-0.2, 0) is 11.4 Å². The number of hydrogen-bond acceptors (Lipinski definition) is 6. The topological polar surface area (TPSA) is 78.3 Å². The number of thioether (sulfide) groups is 1. The predicted octanol–water partition coefficient (Wildman–Crippen LogP) is 5.20. The standard InChI is InChI=1S/C26H26N4O3S/c1-18-9-14-23(19(2)15-18)27-25(31)17-34-26-29-28-24(30(26)20-7-5-4-6-8-20)16-33-22-12-10-21(32-3)11-13-22/h4-15H,16-17H2,1-3H3,(H,27,31). The van der Waals surface area contributed by atoms with Crippen molar-refractivity contribution in [2.75, 3.05) is 18.2 Å². The van der Waals surface area contributed by atoms with Gasteiger partial charge < -0.3 is 14.8 Å².